The third-order valence-electron chi connectivity index (χ3n) is 3.00. The number of aliphatic imine (C=N–C) groups is 1. The molecule has 1 aliphatic rings. The summed E-state index contributed by atoms with van der Waals surface area (Å²) in [6, 6.07) is 0.242. The number of nitrogens with one attached hydrogen (secondary N) is 1. The Hall–Kier alpha value is -0.810. The average Bonchev–Trinajstić information content (AvgIpc) is 2.26. The van der Waals surface area contributed by atoms with Crippen molar-refractivity contribution in [2.45, 2.75) is 39.3 Å². The van der Waals surface area contributed by atoms with E-state index in [1.54, 1.807) is 7.11 Å². The molecule has 0 amide bonds. The summed E-state index contributed by atoms with van der Waals surface area (Å²) in [6.07, 6.45) is 1.37. The van der Waals surface area contributed by atoms with E-state index in [0.29, 0.717) is 5.92 Å². The number of rotatable bonds is 2. The van der Waals surface area contributed by atoms with E-state index in [1.165, 1.54) is 0 Å². The average molecular weight is 228 g/mol. The van der Waals surface area contributed by atoms with Gasteiger partial charge in [0, 0.05) is 26.2 Å². The summed E-state index contributed by atoms with van der Waals surface area (Å²) in [5.74, 6) is 6.87. The van der Waals surface area contributed by atoms with Crippen molar-refractivity contribution in [2.24, 2.45) is 16.8 Å². The second-order valence-electron chi connectivity index (χ2n) is 4.68. The van der Waals surface area contributed by atoms with Crippen molar-refractivity contribution in [3.8, 4) is 0 Å². The van der Waals surface area contributed by atoms with Crippen molar-refractivity contribution < 1.29 is 4.74 Å². The second-order valence-corrected chi connectivity index (χ2v) is 4.68. The molecular formula is C11H24N4O. The van der Waals surface area contributed by atoms with E-state index in [0.717, 1.165) is 25.5 Å². The van der Waals surface area contributed by atoms with E-state index in [9.17, 15) is 0 Å². The molecule has 16 heavy (non-hydrogen) atoms. The van der Waals surface area contributed by atoms with Gasteiger partial charge in [0.25, 0.3) is 0 Å². The number of ether oxygens (including phenoxy) is 1. The van der Waals surface area contributed by atoms with Crippen LogP contribution in [-0.4, -0.2) is 43.2 Å². The number of hydrazine groups is 1. The lowest BCUT2D eigenvalue weighted by Crippen LogP contribution is -2.52. The molecule has 1 rings (SSSR count). The number of methoxy groups -OCH3 is 1. The van der Waals surface area contributed by atoms with Gasteiger partial charge in [0.05, 0.1) is 6.10 Å². The molecular weight excluding hydrogens is 204 g/mol. The third-order valence-corrected chi connectivity index (χ3v) is 3.00. The van der Waals surface area contributed by atoms with E-state index in [1.807, 2.05) is 13.8 Å². The first-order chi connectivity index (χ1) is 7.58. The maximum atomic E-state index is 5.51. The summed E-state index contributed by atoms with van der Waals surface area (Å²) in [6.45, 7) is 8.14. The highest BCUT2D eigenvalue weighted by atomic mass is 16.5. The molecule has 0 aliphatic carbocycles. The van der Waals surface area contributed by atoms with Crippen LogP contribution in [0.5, 0.6) is 0 Å². The van der Waals surface area contributed by atoms with Gasteiger partial charge in [-0.3, -0.25) is 5.43 Å². The molecule has 5 nitrogen and oxygen atoms in total. The summed E-state index contributed by atoms with van der Waals surface area (Å²) in [7, 11) is 1.76. The highest BCUT2D eigenvalue weighted by molar-refractivity contribution is 5.79. The predicted octanol–water partition coefficient (Wildman–Crippen LogP) is 0.571. The lowest BCUT2D eigenvalue weighted by molar-refractivity contribution is 0.0139. The zero-order valence-corrected chi connectivity index (χ0v) is 10.7. The zero-order valence-electron chi connectivity index (χ0n) is 10.7. The Bertz CT molecular complexity index is 242. The van der Waals surface area contributed by atoms with E-state index in [4.69, 9.17) is 10.6 Å². The molecule has 0 aromatic rings. The molecule has 94 valence electrons. The molecule has 0 saturated carbocycles. The smallest absolute Gasteiger partial charge is 0.208 e. The molecule has 0 spiro atoms. The van der Waals surface area contributed by atoms with Gasteiger partial charge in [-0.25, -0.2) is 10.8 Å². The van der Waals surface area contributed by atoms with E-state index < -0.39 is 0 Å². The van der Waals surface area contributed by atoms with Gasteiger partial charge in [0.1, 0.15) is 0 Å². The van der Waals surface area contributed by atoms with Crippen LogP contribution in [0.1, 0.15) is 27.2 Å². The molecule has 0 aromatic carbocycles. The fraction of sp³-hybridized carbons (Fsp3) is 0.909. The molecule has 1 saturated heterocycles. The Balaban J connectivity index is 2.66. The summed E-state index contributed by atoms with van der Waals surface area (Å²) in [5.41, 5.74) is 2.68. The first kappa shape index (κ1) is 13.3. The number of nitrogens with zero attached hydrogens (tertiary/aromatic N) is 2. The van der Waals surface area contributed by atoms with Crippen molar-refractivity contribution >= 4 is 5.96 Å². The summed E-state index contributed by atoms with van der Waals surface area (Å²) < 4.78 is 5.47. The van der Waals surface area contributed by atoms with E-state index >= 15 is 0 Å². The molecule has 2 atom stereocenters. The molecule has 0 bridgehead atoms. The normalized spacial score (nSPS) is 27.4. The highest BCUT2D eigenvalue weighted by Crippen LogP contribution is 2.19. The Morgan fingerprint density at radius 3 is 2.75 bits per heavy atom. The van der Waals surface area contributed by atoms with Crippen LogP contribution in [0.15, 0.2) is 4.99 Å². The van der Waals surface area contributed by atoms with Crippen LogP contribution in [0.2, 0.25) is 0 Å². The van der Waals surface area contributed by atoms with Crippen LogP contribution in [0.4, 0.5) is 0 Å². The molecule has 2 unspecified atom stereocenters. The Morgan fingerprint density at radius 2 is 2.25 bits per heavy atom. The predicted molar refractivity (Wildman–Crippen MR) is 66.0 cm³/mol. The van der Waals surface area contributed by atoms with Gasteiger partial charge < -0.3 is 9.64 Å². The quantitative estimate of drug-likeness (QED) is 0.314. The zero-order chi connectivity index (χ0) is 12.1. The first-order valence-corrected chi connectivity index (χ1v) is 5.90. The number of piperidine rings is 1. The van der Waals surface area contributed by atoms with Gasteiger partial charge in [-0.05, 0) is 26.2 Å². The summed E-state index contributed by atoms with van der Waals surface area (Å²) >= 11 is 0. The molecule has 1 fully saturated rings. The van der Waals surface area contributed by atoms with E-state index in [2.05, 4.69) is 22.2 Å². The first-order valence-electron chi connectivity index (χ1n) is 5.90. The number of guanidine groups is 1. The molecule has 1 heterocycles. The van der Waals surface area contributed by atoms with Gasteiger partial charge in [-0.15, -0.1) is 0 Å². The van der Waals surface area contributed by atoms with Crippen LogP contribution in [-0.2, 0) is 4.74 Å². The molecule has 5 heteroatoms. The molecule has 3 N–H and O–H groups in total. The van der Waals surface area contributed by atoms with Crippen LogP contribution in [0.25, 0.3) is 0 Å². The van der Waals surface area contributed by atoms with Crippen molar-refractivity contribution in [1.82, 2.24) is 10.3 Å². The fourth-order valence-electron chi connectivity index (χ4n) is 1.99. The fourth-order valence-corrected chi connectivity index (χ4v) is 1.99. The highest BCUT2D eigenvalue weighted by Gasteiger charge is 2.27. The third kappa shape index (κ3) is 3.35. The minimum atomic E-state index is 0.242. The van der Waals surface area contributed by atoms with E-state index in [-0.39, 0.29) is 12.1 Å². The Kier molecular flexibility index (Phi) is 5.02. The van der Waals surface area contributed by atoms with Crippen LogP contribution >= 0.6 is 0 Å². The number of likely N-dealkylation sites (tertiary alicyclic amines) is 1. The SMILES string of the molecule is COC1CN(C(=NC(C)C)NN)CCC1C. The van der Waals surface area contributed by atoms with Crippen LogP contribution in [0, 0.1) is 5.92 Å². The maximum Gasteiger partial charge on any atom is 0.208 e. The van der Waals surface area contributed by atoms with Gasteiger partial charge >= 0.3 is 0 Å². The maximum absolute atomic E-state index is 5.51. The molecule has 0 radical (unpaired) electrons. The summed E-state index contributed by atoms with van der Waals surface area (Å²) in [4.78, 5) is 6.62. The molecule has 0 aromatic heterocycles. The van der Waals surface area contributed by atoms with Gasteiger partial charge in [-0.2, -0.15) is 0 Å². The standard InChI is InChI=1S/C11H24N4O/c1-8(2)13-11(14-12)15-6-5-9(3)10(7-15)16-4/h8-10H,5-7,12H2,1-4H3,(H,13,14). The number of hydrogen-bond donors (Lipinski definition) is 2. The largest absolute Gasteiger partial charge is 0.379 e. The second kappa shape index (κ2) is 6.06. The van der Waals surface area contributed by atoms with Crippen LogP contribution < -0.4 is 11.3 Å². The van der Waals surface area contributed by atoms with Crippen molar-refractivity contribution in [3.05, 3.63) is 0 Å². The van der Waals surface area contributed by atoms with Gasteiger partial charge in [0.2, 0.25) is 5.96 Å². The minimum absolute atomic E-state index is 0.242. The topological polar surface area (TPSA) is 62.9 Å². The van der Waals surface area contributed by atoms with Crippen molar-refractivity contribution in [1.29, 1.82) is 0 Å². The lowest BCUT2D eigenvalue weighted by atomic mass is 9.96. The van der Waals surface area contributed by atoms with Crippen LogP contribution in [0.3, 0.4) is 0 Å². The van der Waals surface area contributed by atoms with Crippen molar-refractivity contribution in [3.63, 3.8) is 0 Å². The monoisotopic (exact) mass is 228 g/mol. The summed E-state index contributed by atoms with van der Waals surface area (Å²) in [5, 5.41) is 0. The minimum Gasteiger partial charge on any atom is -0.379 e. The lowest BCUT2D eigenvalue weighted by Gasteiger charge is -2.37. The Morgan fingerprint density at radius 1 is 1.56 bits per heavy atom. The van der Waals surface area contributed by atoms with Crippen molar-refractivity contribution in [2.75, 3.05) is 20.2 Å². The number of hydrogen-bond acceptors (Lipinski definition) is 3. The molecule has 1 aliphatic heterocycles. The number of nitrogens with two attached hydrogens (primary N) is 1. The van der Waals surface area contributed by atoms with Gasteiger partial charge in [-0.1, -0.05) is 6.92 Å². The Labute approximate surface area is 98.0 Å². The van der Waals surface area contributed by atoms with Gasteiger partial charge in [0.15, 0.2) is 0 Å².